The zero-order chi connectivity index (χ0) is 13.1. The van der Waals surface area contributed by atoms with Gasteiger partial charge in [0.05, 0.1) is 12.3 Å². The number of hydrogen-bond acceptors (Lipinski definition) is 3. The maximum Gasteiger partial charge on any atom is 0.357 e. The summed E-state index contributed by atoms with van der Waals surface area (Å²) in [5.74, 6) is -0.519. The van der Waals surface area contributed by atoms with Gasteiger partial charge in [0, 0.05) is 12.6 Å². The van der Waals surface area contributed by atoms with E-state index in [9.17, 15) is 9.59 Å². The number of nitrogens with zero attached hydrogens (tertiary/aromatic N) is 1. The maximum atomic E-state index is 11.8. The molecule has 5 heteroatoms. The Morgan fingerprint density at radius 2 is 2.00 bits per heavy atom. The smallest absolute Gasteiger partial charge is 0.357 e. The van der Waals surface area contributed by atoms with Crippen LogP contribution in [0, 0.1) is 0 Å². The highest BCUT2D eigenvalue weighted by molar-refractivity contribution is 5.94. The van der Waals surface area contributed by atoms with Crippen LogP contribution in [0.2, 0.25) is 0 Å². The number of carbonyl (C=O) groups is 1. The standard InChI is InChI=1S/C13H14N2O3/c1-3-18-12(16)10-11(15(2)13(17)14-10)9-7-5-4-6-8-9/h4-8H,3H2,1-2H3,(H,14,17). The Kier molecular flexibility index (Phi) is 3.32. The van der Waals surface area contributed by atoms with Crippen LogP contribution in [0.15, 0.2) is 35.1 Å². The molecule has 0 radical (unpaired) electrons. The van der Waals surface area contributed by atoms with Crippen LogP contribution in [0.4, 0.5) is 0 Å². The van der Waals surface area contributed by atoms with Crippen molar-refractivity contribution in [1.82, 2.24) is 9.55 Å². The lowest BCUT2D eigenvalue weighted by atomic mass is 10.1. The van der Waals surface area contributed by atoms with Crippen LogP contribution in [-0.2, 0) is 11.8 Å². The summed E-state index contributed by atoms with van der Waals surface area (Å²) in [7, 11) is 1.61. The number of esters is 1. The first kappa shape index (κ1) is 12.2. The summed E-state index contributed by atoms with van der Waals surface area (Å²) in [6.07, 6.45) is 0. The molecule has 0 spiro atoms. The molecule has 0 aliphatic carbocycles. The highest BCUT2D eigenvalue weighted by Crippen LogP contribution is 2.21. The monoisotopic (exact) mass is 246 g/mol. The maximum absolute atomic E-state index is 11.8. The van der Waals surface area contributed by atoms with E-state index in [4.69, 9.17) is 4.74 Å². The molecule has 1 aromatic heterocycles. The minimum atomic E-state index is -0.519. The van der Waals surface area contributed by atoms with Gasteiger partial charge in [-0.15, -0.1) is 0 Å². The van der Waals surface area contributed by atoms with Gasteiger partial charge in [0.15, 0.2) is 5.69 Å². The van der Waals surface area contributed by atoms with Gasteiger partial charge < -0.3 is 4.74 Å². The third kappa shape index (κ3) is 2.07. The molecule has 0 atom stereocenters. The van der Waals surface area contributed by atoms with E-state index in [1.807, 2.05) is 30.3 Å². The number of carbonyl (C=O) groups excluding carboxylic acids is 1. The van der Waals surface area contributed by atoms with E-state index in [-0.39, 0.29) is 18.0 Å². The van der Waals surface area contributed by atoms with Gasteiger partial charge in [0.2, 0.25) is 0 Å². The quantitative estimate of drug-likeness (QED) is 0.836. The Labute approximate surface area is 104 Å². The van der Waals surface area contributed by atoms with Crippen LogP contribution < -0.4 is 5.69 Å². The van der Waals surface area contributed by atoms with Crippen LogP contribution in [0.25, 0.3) is 11.3 Å². The molecule has 0 fully saturated rings. The van der Waals surface area contributed by atoms with Gasteiger partial charge in [-0.25, -0.2) is 9.59 Å². The lowest BCUT2D eigenvalue weighted by Gasteiger charge is -2.05. The first-order valence-electron chi connectivity index (χ1n) is 5.66. The molecule has 0 aliphatic heterocycles. The number of imidazole rings is 1. The number of ether oxygens (including phenoxy) is 1. The molecule has 2 aromatic rings. The summed E-state index contributed by atoms with van der Waals surface area (Å²) in [4.78, 5) is 26.0. The first-order valence-corrected chi connectivity index (χ1v) is 5.66. The second-order valence-corrected chi connectivity index (χ2v) is 3.80. The van der Waals surface area contributed by atoms with Gasteiger partial charge in [0.1, 0.15) is 0 Å². The molecular weight excluding hydrogens is 232 g/mol. The summed E-state index contributed by atoms with van der Waals surface area (Å²) in [5, 5.41) is 0. The number of H-pyrrole nitrogens is 1. The van der Waals surface area contributed by atoms with E-state index in [0.717, 1.165) is 5.56 Å². The number of aromatic nitrogens is 2. The lowest BCUT2D eigenvalue weighted by molar-refractivity contribution is 0.0521. The second kappa shape index (κ2) is 4.91. The number of benzene rings is 1. The van der Waals surface area contributed by atoms with E-state index in [1.165, 1.54) is 4.57 Å². The molecule has 94 valence electrons. The zero-order valence-corrected chi connectivity index (χ0v) is 10.3. The molecular formula is C13H14N2O3. The van der Waals surface area contributed by atoms with Crippen molar-refractivity contribution in [3.05, 3.63) is 46.5 Å². The largest absolute Gasteiger partial charge is 0.461 e. The molecule has 18 heavy (non-hydrogen) atoms. The Bertz CT molecular complexity index is 611. The predicted molar refractivity (Wildman–Crippen MR) is 67.4 cm³/mol. The van der Waals surface area contributed by atoms with Gasteiger partial charge in [-0.2, -0.15) is 0 Å². The van der Waals surface area contributed by atoms with Crippen LogP contribution in [0.1, 0.15) is 17.4 Å². The third-order valence-corrected chi connectivity index (χ3v) is 2.64. The molecule has 0 saturated heterocycles. The summed E-state index contributed by atoms with van der Waals surface area (Å²) in [6, 6.07) is 9.25. The molecule has 1 aromatic carbocycles. The van der Waals surface area contributed by atoms with Crippen LogP contribution in [-0.4, -0.2) is 22.1 Å². The molecule has 2 rings (SSSR count). The Morgan fingerprint density at radius 1 is 1.33 bits per heavy atom. The summed E-state index contributed by atoms with van der Waals surface area (Å²) in [6.45, 7) is 1.99. The van der Waals surface area contributed by atoms with Crippen molar-refractivity contribution in [2.24, 2.45) is 7.05 Å². The molecule has 0 saturated carbocycles. The number of aromatic amines is 1. The zero-order valence-electron chi connectivity index (χ0n) is 10.3. The Morgan fingerprint density at radius 3 is 2.61 bits per heavy atom. The highest BCUT2D eigenvalue weighted by Gasteiger charge is 2.20. The molecule has 1 heterocycles. The molecule has 1 N–H and O–H groups in total. The van der Waals surface area contributed by atoms with Gasteiger partial charge >= 0.3 is 11.7 Å². The fourth-order valence-corrected chi connectivity index (χ4v) is 1.80. The average Bonchev–Trinajstić information content (AvgIpc) is 2.67. The minimum absolute atomic E-state index is 0.190. The molecule has 0 bridgehead atoms. The second-order valence-electron chi connectivity index (χ2n) is 3.80. The fraction of sp³-hybridized carbons (Fsp3) is 0.231. The number of hydrogen-bond donors (Lipinski definition) is 1. The number of rotatable bonds is 3. The summed E-state index contributed by atoms with van der Waals surface area (Å²) >= 11 is 0. The fourth-order valence-electron chi connectivity index (χ4n) is 1.80. The van der Waals surface area contributed by atoms with E-state index in [2.05, 4.69) is 4.98 Å². The summed E-state index contributed by atoms with van der Waals surface area (Å²) in [5.41, 5.74) is 1.19. The van der Waals surface area contributed by atoms with Crippen molar-refractivity contribution >= 4 is 5.97 Å². The van der Waals surface area contributed by atoms with Crippen molar-refractivity contribution < 1.29 is 9.53 Å². The van der Waals surface area contributed by atoms with E-state index in [0.29, 0.717) is 5.69 Å². The van der Waals surface area contributed by atoms with Crippen molar-refractivity contribution in [1.29, 1.82) is 0 Å². The first-order chi connectivity index (χ1) is 8.65. The molecule has 0 unspecified atom stereocenters. The van der Waals surface area contributed by atoms with E-state index >= 15 is 0 Å². The van der Waals surface area contributed by atoms with E-state index < -0.39 is 5.97 Å². The Hall–Kier alpha value is -2.30. The van der Waals surface area contributed by atoms with Gasteiger partial charge in [-0.3, -0.25) is 9.55 Å². The Balaban J connectivity index is 2.59. The summed E-state index contributed by atoms with van der Waals surface area (Å²) < 4.78 is 6.34. The highest BCUT2D eigenvalue weighted by atomic mass is 16.5. The minimum Gasteiger partial charge on any atom is -0.461 e. The van der Waals surface area contributed by atoms with Gasteiger partial charge in [0.25, 0.3) is 0 Å². The predicted octanol–water partition coefficient (Wildman–Crippen LogP) is 1.56. The number of nitrogens with one attached hydrogen (secondary N) is 1. The van der Waals surface area contributed by atoms with Crippen molar-refractivity contribution in [2.45, 2.75) is 6.92 Å². The lowest BCUT2D eigenvalue weighted by Crippen LogP contribution is -2.13. The van der Waals surface area contributed by atoms with Gasteiger partial charge in [-0.05, 0) is 6.92 Å². The van der Waals surface area contributed by atoms with Crippen LogP contribution >= 0.6 is 0 Å². The van der Waals surface area contributed by atoms with Crippen LogP contribution in [0.3, 0.4) is 0 Å². The van der Waals surface area contributed by atoms with Crippen molar-refractivity contribution in [3.63, 3.8) is 0 Å². The SMILES string of the molecule is CCOC(=O)c1[nH]c(=O)n(C)c1-c1ccccc1. The normalized spacial score (nSPS) is 10.3. The van der Waals surface area contributed by atoms with Crippen molar-refractivity contribution in [2.75, 3.05) is 6.61 Å². The molecule has 0 aliphatic rings. The van der Waals surface area contributed by atoms with Gasteiger partial charge in [-0.1, -0.05) is 30.3 Å². The average molecular weight is 246 g/mol. The van der Waals surface area contributed by atoms with E-state index in [1.54, 1.807) is 14.0 Å². The third-order valence-electron chi connectivity index (χ3n) is 2.64. The topological polar surface area (TPSA) is 64.1 Å². The molecule has 0 amide bonds. The van der Waals surface area contributed by atoms with Crippen LogP contribution in [0.5, 0.6) is 0 Å². The van der Waals surface area contributed by atoms with Crippen molar-refractivity contribution in [3.8, 4) is 11.3 Å². The molecule has 5 nitrogen and oxygen atoms in total.